The summed E-state index contributed by atoms with van der Waals surface area (Å²) in [6.45, 7) is 14.5. The fraction of sp³-hybridized carbons (Fsp3) is 0.872. The van der Waals surface area contributed by atoms with E-state index in [0.717, 1.165) is 56.9 Å². The zero-order chi connectivity index (χ0) is 36.4. The Hall–Kier alpha value is -0.520. The second kappa shape index (κ2) is 17.5. The lowest BCUT2D eigenvalue weighted by atomic mass is 9.85. The molecule has 8 unspecified atom stereocenters. The van der Waals surface area contributed by atoms with E-state index in [1.54, 1.807) is 6.92 Å². The average molecular weight is 832 g/mol. The van der Waals surface area contributed by atoms with E-state index in [1.807, 2.05) is 6.08 Å². The predicted octanol–water partition coefficient (Wildman–Crippen LogP) is 4.85. The topological polar surface area (TPSA) is 148 Å². The number of hydrogen-bond acceptors (Lipinski definition) is 11. The van der Waals surface area contributed by atoms with Gasteiger partial charge in [-0.15, -0.1) is 6.58 Å². The van der Waals surface area contributed by atoms with Crippen LogP contribution >= 0.6 is 22.6 Å². The molecule has 6 saturated heterocycles. The molecule has 6 aliphatic rings. The van der Waals surface area contributed by atoms with E-state index in [-0.39, 0.29) is 83.4 Å². The molecule has 11 nitrogen and oxygen atoms in total. The molecule has 17 atom stereocenters. The van der Waals surface area contributed by atoms with Crippen LogP contribution in [0.15, 0.2) is 24.8 Å². The van der Waals surface area contributed by atoms with Crippen LogP contribution in [0, 0.1) is 5.92 Å². The van der Waals surface area contributed by atoms with E-state index in [9.17, 15) is 15.0 Å². The van der Waals surface area contributed by atoms with Gasteiger partial charge in [0, 0.05) is 32.2 Å². The van der Waals surface area contributed by atoms with Crippen LogP contribution in [0.3, 0.4) is 0 Å². The summed E-state index contributed by atoms with van der Waals surface area (Å²) in [5.74, 6) is -0.492. The minimum Gasteiger partial charge on any atom is -0.390 e. The van der Waals surface area contributed by atoms with Gasteiger partial charge in [0.05, 0.1) is 65.0 Å². The standard InChI is InChI=1S/C39H62INO10/c1-6-7-25(45-23(4)8-9-26-16-21(2)24(5)33(47-26)18-28-10-12-31(46-28)30(44)20-41)14-15-39-19-29(43)35(50-39)37-34(40)38(51-39)36-32(49-37)13-11-27(48-36)17-22(3)42/h6,21,23,25-38,43-44H,1,5,7-20,41H2,2-4H3/t21-,23-,25?,26+,27?,28-,29-,30-,31+,32?,33-,34?,35?,36+,37?,38?,39?/m1/s1. The molecule has 12 heteroatoms. The van der Waals surface area contributed by atoms with Crippen molar-refractivity contribution in [3.8, 4) is 0 Å². The maximum atomic E-state index is 11.9. The second-order valence-corrected chi connectivity index (χ2v) is 17.7. The van der Waals surface area contributed by atoms with Crippen LogP contribution in [-0.2, 0) is 38.0 Å². The molecule has 4 N–H and O–H groups in total. The number of hydrogen-bond donors (Lipinski definition) is 3. The molecule has 0 aliphatic carbocycles. The minimum absolute atomic E-state index is 0.00504. The monoisotopic (exact) mass is 831 g/mol. The van der Waals surface area contributed by atoms with E-state index in [2.05, 4.69) is 49.6 Å². The predicted molar refractivity (Wildman–Crippen MR) is 200 cm³/mol. The smallest absolute Gasteiger partial charge is 0.172 e. The van der Waals surface area contributed by atoms with Crippen LogP contribution in [0.1, 0.15) is 104 Å². The lowest BCUT2D eigenvalue weighted by Gasteiger charge is -2.49. The fourth-order valence-corrected chi connectivity index (χ4v) is 10.4. The van der Waals surface area contributed by atoms with Gasteiger partial charge >= 0.3 is 0 Å². The van der Waals surface area contributed by atoms with Crippen molar-refractivity contribution < 1.29 is 48.2 Å². The fourth-order valence-electron chi connectivity index (χ4n) is 9.31. The largest absolute Gasteiger partial charge is 0.390 e. The molecule has 0 spiro atoms. The van der Waals surface area contributed by atoms with Crippen LogP contribution in [-0.4, -0.2) is 118 Å². The van der Waals surface area contributed by atoms with Crippen molar-refractivity contribution in [2.75, 3.05) is 6.54 Å². The maximum Gasteiger partial charge on any atom is 0.172 e. The zero-order valence-corrected chi connectivity index (χ0v) is 32.9. The highest BCUT2D eigenvalue weighted by Crippen LogP contribution is 2.50. The summed E-state index contributed by atoms with van der Waals surface area (Å²) < 4.78 is 45.9. The molecular formula is C39H62INO10. The number of carbonyl (C=O) groups excluding carboxylic acids is 1. The quantitative estimate of drug-likeness (QED) is 0.112. The molecule has 0 radical (unpaired) electrons. The van der Waals surface area contributed by atoms with Crippen molar-refractivity contribution >= 4 is 28.4 Å². The second-order valence-electron chi connectivity index (χ2n) is 16.2. The van der Waals surface area contributed by atoms with Crippen molar-refractivity contribution in [2.24, 2.45) is 11.7 Å². The van der Waals surface area contributed by atoms with Crippen LogP contribution in [0.4, 0.5) is 0 Å². The van der Waals surface area contributed by atoms with Gasteiger partial charge in [-0.05, 0) is 83.1 Å². The van der Waals surface area contributed by atoms with Crippen molar-refractivity contribution in [3.63, 3.8) is 0 Å². The number of Topliss-reactive ketones (excluding diaryl/α,β-unsaturated/α-hetero) is 1. The summed E-state index contributed by atoms with van der Waals surface area (Å²) in [4.78, 5) is 11.9. The molecule has 6 rings (SSSR count). The van der Waals surface area contributed by atoms with Crippen molar-refractivity contribution in [3.05, 3.63) is 24.8 Å². The third-order valence-electron chi connectivity index (χ3n) is 12.1. The Balaban J connectivity index is 1.02. The molecular weight excluding hydrogens is 769 g/mol. The summed E-state index contributed by atoms with van der Waals surface area (Å²) in [5, 5.41) is 21.3. The van der Waals surface area contributed by atoms with Crippen LogP contribution in [0.5, 0.6) is 0 Å². The Bertz CT molecular complexity index is 1210. The number of alkyl halides is 1. The molecule has 6 heterocycles. The SMILES string of the molecule is C=CCC(CCC12C[C@@H](O)C(O1)C1OC3CCC(CC(C)=O)O[C@@H]3C(O2)C1I)O[C@H](C)CC[C@H]1C[C@@H](C)C(=C)[C@@H](C[C@H]2CC[C@@H]([C@H](O)CN)O2)O1. The van der Waals surface area contributed by atoms with E-state index in [0.29, 0.717) is 38.0 Å². The van der Waals surface area contributed by atoms with Gasteiger partial charge in [-0.3, -0.25) is 4.79 Å². The lowest BCUT2D eigenvalue weighted by Crippen LogP contribution is -2.63. The molecule has 6 aliphatic heterocycles. The van der Waals surface area contributed by atoms with Gasteiger partial charge < -0.3 is 49.1 Å². The number of ether oxygens (including phenoxy) is 7. The first-order valence-electron chi connectivity index (χ1n) is 19.5. The number of aliphatic hydroxyl groups excluding tert-OH is 2. The Morgan fingerprint density at radius 2 is 1.82 bits per heavy atom. The number of fused-ring (bicyclic) bond motifs is 7. The summed E-state index contributed by atoms with van der Waals surface area (Å²) in [5.41, 5.74) is 6.78. The van der Waals surface area contributed by atoms with Gasteiger partial charge in [0.1, 0.15) is 30.2 Å². The molecule has 0 saturated carbocycles. The molecule has 0 aromatic carbocycles. The van der Waals surface area contributed by atoms with Crippen LogP contribution in [0.2, 0.25) is 0 Å². The number of nitrogens with two attached hydrogens (primary N) is 1. The van der Waals surface area contributed by atoms with E-state index in [4.69, 9.17) is 38.9 Å². The van der Waals surface area contributed by atoms with Crippen molar-refractivity contribution in [1.82, 2.24) is 0 Å². The number of carbonyl (C=O) groups is 1. The normalized spacial score (nSPS) is 44.0. The van der Waals surface area contributed by atoms with Gasteiger partial charge in [0.2, 0.25) is 0 Å². The first-order valence-corrected chi connectivity index (χ1v) is 20.7. The zero-order valence-electron chi connectivity index (χ0n) is 30.7. The highest BCUT2D eigenvalue weighted by molar-refractivity contribution is 14.1. The van der Waals surface area contributed by atoms with Gasteiger partial charge in [-0.25, -0.2) is 0 Å². The molecule has 0 amide bonds. The Kier molecular flexibility index (Phi) is 13.8. The third kappa shape index (κ3) is 9.48. The summed E-state index contributed by atoms with van der Waals surface area (Å²) in [7, 11) is 0. The maximum absolute atomic E-state index is 11.9. The summed E-state index contributed by atoms with van der Waals surface area (Å²) in [6.07, 6.45) is 8.18. The Morgan fingerprint density at radius 3 is 2.57 bits per heavy atom. The highest BCUT2D eigenvalue weighted by atomic mass is 127. The minimum atomic E-state index is -0.969. The molecule has 0 aromatic rings. The molecule has 6 fully saturated rings. The molecule has 290 valence electrons. The van der Waals surface area contributed by atoms with Crippen molar-refractivity contribution in [1.29, 1.82) is 0 Å². The van der Waals surface area contributed by atoms with Gasteiger partial charge in [0.15, 0.2) is 5.79 Å². The van der Waals surface area contributed by atoms with Gasteiger partial charge in [-0.2, -0.15) is 0 Å². The van der Waals surface area contributed by atoms with Gasteiger partial charge in [-0.1, -0.05) is 42.2 Å². The third-order valence-corrected chi connectivity index (χ3v) is 13.5. The van der Waals surface area contributed by atoms with Crippen LogP contribution < -0.4 is 5.73 Å². The van der Waals surface area contributed by atoms with E-state index >= 15 is 0 Å². The lowest BCUT2D eigenvalue weighted by molar-refractivity contribution is -0.274. The molecule has 51 heavy (non-hydrogen) atoms. The number of ketones is 1. The number of halogens is 1. The van der Waals surface area contributed by atoms with E-state index < -0.39 is 24.1 Å². The average Bonchev–Trinajstić information content (AvgIpc) is 3.68. The van der Waals surface area contributed by atoms with Crippen LogP contribution in [0.25, 0.3) is 0 Å². The molecule has 4 bridgehead atoms. The van der Waals surface area contributed by atoms with Gasteiger partial charge in [0.25, 0.3) is 0 Å². The first kappa shape index (κ1) is 40.2. The highest BCUT2D eigenvalue weighted by Gasteiger charge is 2.62. The Labute approximate surface area is 317 Å². The summed E-state index contributed by atoms with van der Waals surface area (Å²) >= 11 is 2.38. The number of aliphatic hydroxyl groups is 2. The molecule has 0 aromatic heterocycles. The van der Waals surface area contributed by atoms with Crippen molar-refractivity contribution in [2.45, 2.75) is 199 Å². The number of rotatable bonds is 16. The first-order chi connectivity index (χ1) is 24.4. The summed E-state index contributed by atoms with van der Waals surface area (Å²) in [6, 6.07) is 0. The van der Waals surface area contributed by atoms with E-state index in [1.165, 1.54) is 0 Å². The Morgan fingerprint density at radius 1 is 1.06 bits per heavy atom.